The zero-order valence-electron chi connectivity index (χ0n) is 19.8. The molecule has 0 radical (unpaired) electrons. The Morgan fingerprint density at radius 1 is 0.971 bits per heavy atom. The molecule has 0 spiro atoms. The predicted octanol–water partition coefficient (Wildman–Crippen LogP) is 4.84. The fourth-order valence-corrected chi connectivity index (χ4v) is 4.37. The second-order valence-corrected chi connectivity index (χ2v) is 8.32. The molecule has 7 heteroatoms. The van der Waals surface area contributed by atoms with Crippen molar-refractivity contribution in [2.45, 2.75) is 33.4 Å². The zero-order chi connectivity index (χ0) is 24.6. The molecule has 1 saturated heterocycles. The normalized spacial score (nSPS) is 17.3. The molecule has 1 N–H and O–H groups in total. The Bertz CT molecular complexity index is 1300. The van der Waals surface area contributed by atoms with Crippen molar-refractivity contribution in [1.82, 2.24) is 4.90 Å². The minimum absolute atomic E-state index is 0.0121. The maximum Gasteiger partial charge on any atom is 0.296 e. The summed E-state index contributed by atoms with van der Waals surface area (Å²) in [7, 11) is 3.12. The lowest BCUT2D eigenvalue weighted by atomic mass is 9.95. The van der Waals surface area contributed by atoms with Gasteiger partial charge in [-0.1, -0.05) is 18.2 Å². The van der Waals surface area contributed by atoms with Crippen molar-refractivity contribution in [3.63, 3.8) is 0 Å². The van der Waals surface area contributed by atoms with Crippen molar-refractivity contribution in [2.75, 3.05) is 14.2 Å². The minimum atomic E-state index is -0.888. The first-order valence-electron chi connectivity index (χ1n) is 10.9. The molecule has 0 saturated carbocycles. The highest BCUT2D eigenvalue weighted by Crippen LogP contribution is 2.42. The number of ketones is 1. The predicted molar refractivity (Wildman–Crippen MR) is 127 cm³/mol. The molecule has 1 fully saturated rings. The van der Waals surface area contributed by atoms with Crippen molar-refractivity contribution >= 4 is 17.4 Å². The van der Waals surface area contributed by atoms with Gasteiger partial charge in [0.1, 0.15) is 34.8 Å². The molecule has 2 heterocycles. The van der Waals surface area contributed by atoms with Crippen LogP contribution in [0.4, 0.5) is 0 Å². The molecular weight excluding hydrogens is 434 g/mol. The average Bonchev–Trinajstić information content (AvgIpc) is 3.36. The number of amides is 1. The average molecular weight is 462 g/mol. The van der Waals surface area contributed by atoms with Crippen LogP contribution in [0.1, 0.15) is 39.8 Å². The first-order valence-corrected chi connectivity index (χ1v) is 10.9. The van der Waals surface area contributed by atoms with Gasteiger partial charge in [-0.05, 0) is 62.2 Å². The summed E-state index contributed by atoms with van der Waals surface area (Å²) >= 11 is 0. The molecule has 34 heavy (non-hydrogen) atoms. The van der Waals surface area contributed by atoms with E-state index in [0.29, 0.717) is 34.1 Å². The first kappa shape index (κ1) is 23.2. The molecule has 2 aromatic carbocycles. The number of aliphatic hydroxyl groups excluding tert-OH is 1. The second kappa shape index (κ2) is 9.09. The molecule has 0 aliphatic carbocycles. The summed E-state index contributed by atoms with van der Waals surface area (Å²) in [5, 5.41) is 11.4. The van der Waals surface area contributed by atoms with Crippen LogP contribution in [0.15, 0.2) is 58.5 Å². The highest BCUT2D eigenvalue weighted by atomic mass is 16.5. The van der Waals surface area contributed by atoms with Gasteiger partial charge in [0.15, 0.2) is 0 Å². The van der Waals surface area contributed by atoms with Crippen LogP contribution in [0.5, 0.6) is 11.5 Å². The largest absolute Gasteiger partial charge is 0.507 e. The van der Waals surface area contributed by atoms with Crippen LogP contribution in [0.25, 0.3) is 5.76 Å². The summed E-state index contributed by atoms with van der Waals surface area (Å²) in [5.74, 6) is 0.576. The lowest BCUT2D eigenvalue weighted by Crippen LogP contribution is -2.29. The SMILES string of the molecule is COc1cc(C)c(/C(O)=C2\C(=O)C(=O)N(Cc3ccccc3OC)C2c2ccc(C)o2)cc1C. The highest BCUT2D eigenvalue weighted by Gasteiger charge is 2.47. The zero-order valence-corrected chi connectivity index (χ0v) is 19.8. The monoisotopic (exact) mass is 461 g/mol. The van der Waals surface area contributed by atoms with Crippen molar-refractivity contribution < 1.29 is 28.6 Å². The number of aliphatic hydroxyl groups is 1. The van der Waals surface area contributed by atoms with Crippen LogP contribution in [0.2, 0.25) is 0 Å². The molecule has 1 aromatic heterocycles. The molecule has 7 nitrogen and oxygen atoms in total. The molecule has 1 aliphatic rings. The molecule has 176 valence electrons. The van der Waals surface area contributed by atoms with Gasteiger partial charge in [-0.25, -0.2) is 0 Å². The fraction of sp³-hybridized carbons (Fsp3) is 0.259. The number of benzene rings is 2. The quantitative estimate of drug-likeness (QED) is 0.321. The van der Waals surface area contributed by atoms with Gasteiger partial charge < -0.3 is 23.9 Å². The number of ether oxygens (including phenoxy) is 2. The van der Waals surface area contributed by atoms with Crippen molar-refractivity contribution in [2.24, 2.45) is 0 Å². The van der Waals surface area contributed by atoms with E-state index in [9.17, 15) is 14.7 Å². The third-order valence-electron chi connectivity index (χ3n) is 6.10. The van der Waals surface area contributed by atoms with Gasteiger partial charge in [0.2, 0.25) is 0 Å². The van der Waals surface area contributed by atoms with Gasteiger partial charge in [0.25, 0.3) is 11.7 Å². The number of para-hydroxylation sites is 1. The third-order valence-corrected chi connectivity index (χ3v) is 6.10. The topological polar surface area (TPSA) is 89.2 Å². The number of hydrogen-bond acceptors (Lipinski definition) is 6. The third kappa shape index (κ3) is 3.94. The Balaban J connectivity index is 1.89. The Hall–Kier alpha value is -4.00. The number of carbonyl (C=O) groups is 2. The standard InChI is InChI=1S/C27H27NO6/c1-15-13-22(33-5)16(2)12-19(15)25(29)23-24(21-11-10-17(3)34-21)28(27(31)26(23)30)14-18-8-6-7-9-20(18)32-4/h6-13,24,29H,14H2,1-5H3/b25-23+. The van der Waals surface area contributed by atoms with Crippen LogP contribution >= 0.6 is 0 Å². The van der Waals surface area contributed by atoms with Gasteiger partial charge in [0.05, 0.1) is 26.3 Å². The van der Waals surface area contributed by atoms with Crippen LogP contribution in [0.3, 0.4) is 0 Å². The van der Waals surface area contributed by atoms with Crippen molar-refractivity contribution in [3.8, 4) is 11.5 Å². The molecular formula is C27H27NO6. The fourth-order valence-electron chi connectivity index (χ4n) is 4.37. The van der Waals surface area contributed by atoms with E-state index in [1.165, 1.54) is 4.90 Å². The summed E-state index contributed by atoms with van der Waals surface area (Å²) in [5.41, 5.74) is 2.69. The van der Waals surface area contributed by atoms with Gasteiger partial charge in [-0.2, -0.15) is 0 Å². The van der Waals surface area contributed by atoms with E-state index in [1.54, 1.807) is 51.5 Å². The van der Waals surface area contributed by atoms with Gasteiger partial charge >= 0.3 is 0 Å². The molecule has 3 aromatic rings. The smallest absolute Gasteiger partial charge is 0.296 e. The molecule has 1 unspecified atom stereocenters. The number of aryl methyl sites for hydroxylation is 3. The van der Waals surface area contributed by atoms with Crippen LogP contribution < -0.4 is 9.47 Å². The van der Waals surface area contributed by atoms with Gasteiger partial charge in [-0.3, -0.25) is 9.59 Å². The molecule has 1 aliphatic heterocycles. The van der Waals surface area contributed by atoms with Crippen LogP contribution in [-0.4, -0.2) is 35.9 Å². The number of Topliss-reactive ketones (excluding diaryl/α,β-unsaturated/α-hetero) is 1. The number of carbonyl (C=O) groups excluding carboxylic acids is 2. The Kier molecular flexibility index (Phi) is 6.20. The summed E-state index contributed by atoms with van der Waals surface area (Å²) in [4.78, 5) is 27.9. The Labute approximate surface area is 198 Å². The van der Waals surface area contributed by atoms with Gasteiger partial charge in [0, 0.05) is 11.1 Å². The lowest BCUT2D eigenvalue weighted by molar-refractivity contribution is -0.140. The first-order chi connectivity index (χ1) is 16.3. The number of rotatable bonds is 6. The maximum absolute atomic E-state index is 13.3. The molecule has 4 rings (SSSR count). The van der Waals surface area contributed by atoms with E-state index in [-0.39, 0.29) is 17.9 Å². The van der Waals surface area contributed by atoms with Crippen LogP contribution in [0, 0.1) is 20.8 Å². The van der Waals surface area contributed by atoms with E-state index >= 15 is 0 Å². The number of hydrogen-bond donors (Lipinski definition) is 1. The van der Waals surface area contributed by atoms with Crippen molar-refractivity contribution in [1.29, 1.82) is 0 Å². The van der Waals surface area contributed by atoms with E-state index in [2.05, 4.69) is 0 Å². The minimum Gasteiger partial charge on any atom is -0.507 e. The lowest BCUT2D eigenvalue weighted by Gasteiger charge is -2.24. The maximum atomic E-state index is 13.3. The number of methoxy groups -OCH3 is 2. The van der Waals surface area contributed by atoms with E-state index in [0.717, 1.165) is 11.1 Å². The number of furan rings is 1. The summed E-state index contributed by atoms with van der Waals surface area (Å²) in [6, 6.07) is 13.4. The second-order valence-electron chi connectivity index (χ2n) is 8.32. The summed E-state index contributed by atoms with van der Waals surface area (Å²) < 4.78 is 16.7. The Morgan fingerprint density at radius 3 is 2.32 bits per heavy atom. The van der Waals surface area contributed by atoms with Gasteiger partial charge in [-0.15, -0.1) is 0 Å². The van der Waals surface area contributed by atoms with Crippen molar-refractivity contribution in [3.05, 3.63) is 87.9 Å². The number of nitrogens with zero attached hydrogens (tertiary/aromatic N) is 1. The summed E-state index contributed by atoms with van der Waals surface area (Å²) in [6.07, 6.45) is 0. The van der Waals surface area contributed by atoms with Crippen LogP contribution in [-0.2, 0) is 16.1 Å². The Morgan fingerprint density at radius 2 is 1.68 bits per heavy atom. The molecule has 1 amide bonds. The molecule has 0 bridgehead atoms. The summed E-state index contributed by atoms with van der Waals surface area (Å²) in [6.45, 7) is 5.56. The molecule has 1 atom stereocenters. The van der Waals surface area contributed by atoms with E-state index in [1.807, 2.05) is 32.0 Å². The number of likely N-dealkylation sites (tertiary alicyclic amines) is 1. The van der Waals surface area contributed by atoms with E-state index in [4.69, 9.17) is 13.9 Å². The highest BCUT2D eigenvalue weighted by molar-refractivity contribution is 6.46. The van der Waals surface area contributed by atoms with E-state index < -0.39 is 17.7 Å².